The number of carbonyl (C=O) groups excluding carboxylic acids is 1. The molecule has 5 heteroatoms. The molecule has 1 amide bonds. The summed E-state index contributed by atoms with van der Waals surface area (Å²) in [5.74, 6) is -0.372. The average molecular weight is 272 g/mol. The highest BCUT2D eigenvalue weighted by molar-refractivity contribution is 5.99. The van der Waals surface area contributed by atoms with E-state index < -0.39 is 5.82 Å². The largest absolute Gasteiger partial charge is 0.492 e. The Morgan fingerprint density at radius 2 is 2.15 bits per heavy atom. The predicted octanol–water partition coefficient (Wildman–Crippen LogP) is 2.82. The number of hydrogen-bond acceptors (Lipinski definition) is 3. The first-order valence-corrected chi connectivity index (χ1v) is 6.19. The van der Waals surface area contributed by atoms with E-state index in [1.165, 1.54) is 13.2 Å². The van der Waals surface area contributed by atoms with Crippen LogP contribution in [0, 0.1) is 5.82 Å². The molecular weight excluding hydrogens is 259 g/mol. The number of benzene rings is 2. The van der Waals surface area contributed by atoms with Crippen LogP contribution in [0.15, 0.2) is 36.4 Å². The molecule has 0 bridgehead atoms. The number of ether oxygens (including phenoxy) is 1. The van der Waals surface area contributed by atoms with E-state index in [1.807, 2.05) is 12.1 Å². The van der Waals surface area contributed by atoms with Crippen LogP contribution in [0.1, 0.15) is 15.9 Å². The lowest BCUT2D eigenvalue weighted by molar-refractivity contribution is 0.0966. The molecule has 0 saturated heterocycles. The van der Waals surface area contributed by atoms with E-state index in [1.54, 1.807) is 18.2 Å². The molecule has 1 aliphatic heterocycles. The highest BCUT2D eigenvalue weighted by Gasteiger charge is 2.19. The molecule has 0 unspecified atom stereocenters. The van der Waals surface area contributed by atoms with Gasteiger partial charge in [-0.15, -0.1) is 0 Å². The molecule has 0 aromatic heterocycles. The van der Waals surface area contributed by atoms with Gasteiger partial charge >= 0.3 is 0 Å². The summed E-state index contributed by atoms with van der Waals surface area (Å²) in [7, 11) is 1.42. The van der Waals surface area contributed by atoms with Crippen LogP contribution in [0.2, 0.25) is 0 Å². The number of para-hydroxylation sites is 1. The Bertz CT molecular complexity index is 686. The molecule has 0 spiro atoms. The van der Waals surface area contributed by atoms with E-state index in [-0.39, 0.29) is 11.7 Å². The third-order valence-electron chi connectivity index (χ3n) is 3.24. The van der Waals surface area contributed by atoms with Gasteiger partial charge in [-0.3, -0.25) is 4.79 Å². The van der Waals surface area contributed by atoms with Gasteiger partial charge in [0.25, 0.3) is 5.91 Å². The number of nitrogens with one attached hydrogen (secondary N) is 2. The van der Waals surface area contributed by atoms with Gasteiger partial charge < -0.3 is 15.4 Å². The normalized spacial score (nSPS) is 12.8. The Labute approximate surface area is 115 Å². The van der Waals surface area contributed by atoms with E-state index >= 15 is 0 Å². The number of amides is 1. The molecule has 3 rings (SSSR count). The second-order valence-corrected chi connectivity index (χ2v) is 4.50. The summed E-state index contributed by atoms with van der Waals surface area (Å²) < 4.78 is 18.7. The van der Waals surface area contributed by atoms with Crippen LogP contribution in [-0.4, -0.2) is 13.0 Å². The zero-order valence-corrected chi connectivity index (χ0v) is 10.9. The molecule has 4 nitrogen and oxygen atoms in total. The third kappa shape index (κ3) is 2.07. The zero-order valence-electron chi connectivity index (χ0n) is 10.9. The number of methoxy groups -OCH3 is 1. The fraction of sp³-hybridized carbons (Fsp3) is 0.133. The van der Waals surface area contributed by atoms with Gasteiger partial charge in [0.05, 0.1) is 12.8 Å². The van der Waals surface area contributed by atoms with Crippen molar-refractivity contribution in [2.75, 3.05) is 12.4 Å². The SMILES string of the molecule is COc1c(F)cccc1Nc1ccc2c(c1)C(=O)NC2. The minimum absolute atomic E-state index is 0.0881. The lowest BCUT2D eigenvalue weighted by atomic mass is 10.1. The molecule has 0 fully saturated rings. The van der Waals surface area contributed by atoms with E-state index in [0.717, 1.165) is 5.56 Å². The summed E-state index contributed by atoms with van der Waals surface area (Å²) in [5.41, 5.74) is 2.84. The summed E-state index contributed by atoms with van der Waals surface area (Å²) in [6.07, 6.45) is 0. The first-order chi connectivity index (χ1) is 9.69. The van der Waals surface area contributed by atoms with Gasteiger partial charge in [-0.25, -0.2) is 4.39 Å². The van der Waals surface area contributed by atoms with Crippen LogP contribution in [0.3, 0.4) is 0 Å². The highest BCUT2D eigenvalue weighted by atomic mass is 19.1. The molecule has 102 valence electrons. The summed E-state index contributed by atoms with van der Waals surface area (Å²) >= 11 is 0. The van der Waals surface area contributed by atoms with Crippen molar-refractivity contribution >= 4 is 17.3 Å². The van der Waals surface area contributed by atoms with E-state index in [4.69, 9.17) is 4.74 Å². The van der Waals surface area contributed by atoms with Crippen molar-refractivity contribution in [3.05, 3.63) is 53.3 Å². The Morgan fingerprint density at radius 1 is 1.30 bits per heavy atom. The van der Waals surface area contributed by atoms with E-state index in [0.29, 0.717) is 23.5 Å². The molecule has 20 heavy (non-hydrogen) atoms. The minimum atomic E-state index is -0.434. The maximum absolute atomic E-state index is 13.6. The van der Waals surface area contributed by atoms with Crippen molar-refractivity contribution in [3.63, 3.8) is 0 Å². The van der Waals surface area contributed by atoms with Crippen molar-refractivity contribution in [3.8, 4) is 5.75 Å². The molecular formula is C15H13FN2O2. The van der Waals surface area contributed by atoms with E-state index in [2.05, 4.69) is 10.6 Å². The third-order valence-corrected chi connectivity index (χ3v) is 3.24. The van der Waals surface area contributed by atoms with Crippen molar-refractivity contribution in [1.82, 2.24) is 5.32 Å². The standard InChI is InChI=1S/C15H13FN2O2/c1-20-14-12(16)3-2-4-13(14)18-10-6-5-9-8-17-15(19)11(9)7-10/h2-7,18H,8H2,1H3,(H,17,19). The summed E-state index contributed by atoms with van der Waals surface area (Å²) in [6.45, 7) is 0.553. The molecule has 1 heterocycles. The highest BCUT2D eigenvalue weighted by Crippen LogP contribution is 2.31. The predicted molar refractivity (Wildman–Crippen MR) is 73.8 cm³/mol. The number of anilines is 2. The Kier molecular flexibility index (Phi) is 3.02. The van der Waals surface area contributed by atoms with E-state index in [9.17, 15) is 9.18 Å². The number of halogens is 1. The van der Waals surface area contributed by atoms with Crippen molar-refractivity contribution in [1.29, 1.82) is 0 Å². The Balaban J connectivity index is 1.95. The fourth-order valence-electron chi connectivity index (χ4n) is 2.26. The van der Waals surface area contributed by atoms with Crippen molar-refractivity contribution < 1.29 is 13.9 Å². The van der Waals surface area contributed by atoms with Gasteiger partial charge in [-0.05, 0) is 29.8 Å². The maximum atomic E-state index is 13.6. The average Bonchev–Trinajstić information content (AvgIpc) is 2.81. The quantitative estimate of drug-likeness (QED) is 0.903. The van der Waals surface area contributed by atoms with Gasteiger partial charge in [-0.1, -0.05) is 12.1 Å². The van der Waals surface area contributed by atoms with Gasteiger partial charge in [-0.2, -0.15) is 0 Å². The van der Waals surface area contributed by atoms with Gasteiger partial charge in [0.2, 0.25) is 0 Å². The summed E-state index contributed by atoms with van der Waals surface area (Å²) in [4.78, 5) is 11.6. The topological polar surface area (TPSA) is 50.4 Å². The van der Waals surface area contributed by atoms with Crippen LogP contribution in [0.4, 0.5) is 15.8 Å². The van der Waals surface area contributed by atoms with Crippen molar-refractivity contribution in [2.24, 2.45) is 0 Å². The summed E-state index contributed by atoms with van der Waals surface area (Å²) in [6, 6.07) is 10.1. The Hall–Kier alpha value is -2.56. The van der Waals surface area contributed by atoms with Gasteiger partial charge in [0.1, 0.15) is 0 Å². The second kappa shape index (κ2) is 4.85. The first kappa shape index (κ1) is 12.5. The van der Waals surface area contributed by atoms with Crippen LogP contribution >= 0.6 is 0 Å². The molecule has 0 atom stereocenters. The second-order valence-electron chi connectivity index (χ2n) is 4.50. The Morgan fingerprint density at radius 3 is 2.95 bits per heavy atom. The molecule has 1 aliphatic rings. The first-order valence-electron chi connectivity index (χ1n) is 6.19. The number of hydrogen-bond donors (Lipinski definition) is 2. The molecule has 0 aliphatic carbocycles. The summed E-state index contributed by atoms with van der Waals surface area (Å²) in [5, 5.41) is 5.83. The molecule has 0 radical (unpaired) electrons. The smallest absolute Gasteiger partial charge is 0.251 e. The molecule has 0 saturated carbocycles. The van der Waals surface area contributed by atoms with Crippen LogP contribution in [-0.2, 0) is 6.54 Å². The van der Waals surface area contributed by atoms with Crippen LogP contribution < -0.4 is 15.4 Å². The maximum Gasteiger partial charge on any atom is 0.251 e. The van der Waals surface area contributed by atoms with Crippen molar-refractivity contribution in [2.45, 2.75) is 6.54 Å². The number of rotatable bonds is 3. The minimum Gasteiger partial charge on any atom is -0.492 e. The molecule has 2 aromatic rings. The lowest BCUT2D eigenvalue weighted by Crippen LogP contribution is -2.12. The van der Waals surface area contributed by atoms with Crippen LogP contribution in [0.25, 0.3) is 0 Å². The molecule has 2 aromatic carbocycles. The number of carbonyl (C=O) groups is 1. The lowest BCUT2D eigenvalue weighted by Gasteiger charge is -2.12. The molecule has 2 N–H and O–H groups in total. The zero-order chi connectivity index (χ0) is 14.1. The monoisotopic (exact) mass is 272 g/mol. The van der Waals surface area contributed by atoms with Gasteiger partial charge in [0.15, 0.2) is 11.6 Å². The fourth-order valence-corrected chi connectivity index (χ4v) is 2.26. The van der Waals surface area contributed by atoms with Gasteiger partial charge in [0, 0.05) is 17.8 Å². The number of fused-ring (bicyclic) bond motifs is 1. The van der Waals surface area contributed by atoms with Crippen LogP contribution in [0.5, 0.6) is 5.75 Å².